The fraction of sp³-hybridized carbons (Fsp3) is 0.538. The molecule has 0 aromatic heterocycles. The van der Waals surface area contributed by atoms with Gasteiger partial charge in [0.1, 0.15) is 0 Å². The van der Waals surface area contributed by atoms with E-state index in [1.807, 2.05) is 0 Å². The SMILES string of the molecule is Cc1cccc(CN(C)CCCCS)c1. The van der Waals surface area contributed by atoms with Crippen LogP contribution in [0.2, 0.25) is 0 Å². The van der Waals surface area contributed by atoms with Crippen LogP contribution < -0.4 is 0 Å². The van der Waals surface area contributed by atoms with E-state index in [2.05, 4.69) is 55.8 Å². The Hall–Kier alpha value is -0.470. The molecule has 0 radical (unpaired) electrons. The molecule has 0 spiro atoms. The lowest BCUT2D eigenvalue weighted by Gasteiger charge is -2.16. The largest absolute Gasteiger partial charge is 0.302 e. The Bertz CT molecular complexity index is 286. The number of thiol groups is 1. The molecular weight excluding hydrogens is 202 g/mol. The third-order valence-corrected chi connectivity index (χ3v) is 2.80. The highest BCUT2D eigenvalue weighted by Crippen LogP contribution is 2.07. The van der Waals surface area contributed by atoms with Gasteiger partial charge in [0.25, 0.3) is 0 Å². The van der Waals surface area contributed by atoms with E-state index in [0.29, 0.717) is 0 Å². The minimum Gasteiger partial charge on any atom is -0.302 e. The summed E-state index contributed by atoms with van der Waals surface area (Å²) in [6.45, 7) is 4.35. The quantitative estimate of drug-likeness (QED) is 0.573. The molecule has 1 rings (SSSR count). The Labute approximate surface area is 98.9 Å². The van der Waals surface area contributed by atoms with Crippen molar-refractivity contribution < 1.29 is 0 Å². The Morgan fingerprint density at radius 3 is 2.73 bits per heavy atom. The van der Waals surface area contributed by atoms with Crippen molar-refractivity contribution >= 4 is 12.6 Å². The molecule has 15 heavy (non-hydrogen) atoms. The van der Waals surface area contributed by atoms with Crippen LogP contribution in [0.15, 0.2) is 24.3 Å². The third-order valence-electron chi connectivity index (χ3n) is 2.48. The van der Waals surface area contributed by atoms with E-state index in [-0.39, 0.29) is 0 Å². The number of hydrogen-bond acceptors (Lipinski definition) is 2. The second kappa shape index (κ2) is 6.91. The molecule has 0 fully saturated rings. The molecule has 0 atom stereocenters. The minimum absolute atomic E-state index is 0.998. The minimum atomic E-state index is 0.998. The molecule has 0 aliphatic carbocycles. The zero-order valence-corrected chi connectivity index (χ0v) is 10.6. The molecule has 2 heteroatoms. The van der Waals surface area contributed by atoms with E-state index in [0.717, 1.165) is 18.8 Å². The molecule has 1 aromatic carbocycles. The van der Waals surface area contributed by atoms with Gasteiger partial charge >= 0.3 is 0 Å². The number of rotatable bonds is 6. The van der Waals surface area contributed by atoms with Crippen molar-refractivity contribution in [2.45, 2.75) is 26.3 Å². The molecule has 0 aliphatic heterocycles. The van der Waals surface area contributed by atoms with Gasteiger partial charge in [-0.1, -0.05) is 29.8 Å². The van der Waals surface area contributed by atoms with E-state index < -0.39 is 0 Å². The van der Waals surface area contributed by atoms with Gasteiger partial charge in [-0.3, -0.25) is 0 Å². The van der Waals surface area contributed by atoms with Crippen molar-refractivity contribution in [1.82, 2.24) is 4.90 Å². The van der Waals surface area contributed by atoms with Crippen LogP contribution in [0.4, 0.5) is 0 Å². The molecule has 0 amide bonds. The first-order valence-corrected chi connectivity index (χ1v) is 6.20. The van der Waals surface area contributed by atoms with Gasteiger partial charge in [-0.15, -0.1) is 0 Å². The Balaban J connectivity index is 2.34. The summed E-state index contributed by atoms with van der Waals surface area (Å²) in [6.07, 6.45) is 2.45. The highest BCUT2D eigenvalue weighted by atomic mass is 32.1. The third kappa shape index (κ3) is 5.24. The van der Waals surface area contributed by atoms with E-state index >= 15 is 0 Å². The van der Waals surface area contributed by atoms with Gasteiger partial charge in [0.05, 0.1) is 0 Å². The molecule has 0 unspecified atom stereocenters. The Kier molecular flexibility index (Phi) is 5.81. The van der Waals surface area contributed by atoms with Crippen LogP contribution in [0, 0.1) is 6.92 Å². The van der Waals surface area contributed by atoms with Crippen molar-refractivity contribution in [3.8, 4) is 0 Å². The maximum absolute atomic E-state index is 4.22. The summed E-state index contributed by atoms with van der Waals surface area (Å²) in [5, 5.41) is 0. The normalized spacial score (nSPS) is 10.9. The summed E-state index contributed by atoms with van der Waals surface area (Å²) in [4.78, 5) is 2.37. The maximum Gasteiger partial charge on any atom is 0.0230 e. The smallest absolute Gasteiger partial charge is 0.0230 e. The van der Waals surface area contributed by atoms with Crippen LogP contribution >= 0.6 is 12.6 Å². The van der Waals surface area contributed by atoms with Crippen LogP contribution in [0.3, 0.4) is 0 Å². The Morgan fingerprint density at radius 2 is 2.07 bits per heavy atom. The molecule has 0 saturated carbocycles. The second-order valence-electron chi connectivity index (χ2n) is 4.16. The van der Waals surface area contributed by atoms with Gasteiger partial charge < -0.3 is 4.90 Å². The first kappa shape index (κ1) is 12.6. The zero-order chi connectivity index (χ0) is 11.1. The van der Waals surface area contributed by atoms with E-state index in [1.165, 1.54) is 24.0 Å². The van der Waals surface area contributed by atoms with Gasteiger partial charge in [0.15, 0.2) is 0 Å². The fourth-order valence-corrected chi connectivity index (χ4v) is 1.92. The molecular formula is C13H21NS. The van der Waals surface area contributed by atoms with Gasteiger partial charge in [-0.2, -0.15) is 12.6 Å². The van der Waals surface area contributed by atoms with Crippen molar-refractivity contribution in [2.75, 3.05) is 19.3 Å². The van der Waals surface area contributed by atoms with E-state index in [4.69, 9.17) is 0 Å². The summed E-state index contributed by atoms with van der Waals surface area (Å²) < 4.78 is 0. The number of unbranched alkanes of at least 4 members (excludes halogenated alkanes) is 1. The number of nitrogens with zero attached hydrogens (tertiary/aromatic N) is 1. The molecule has 84 valence electrons. The predicted molar refractivity (Wildman–Crippen MR) is 70.6 cm³/mol. The van der Waals surface area contributed by atoms with Crippen LogP contribution in [0.5, 0.6) is 0 Å². The zero-order valence-electron chi connectivity index (χ0n) is 9.74. The lowest BCUT2D eigenvalue weighted by molar-refractivity contribution is 0.321. The van der Waals surface area contributed by atoms with Gasteiger partial charge in [-0.25, -0.2) is 0 Å². The van der Waals surface area contributed by atoms with Crippen LogP contribution in [-0.4, -0.2) is 24.2 Å². The number of benzene rings is 1. The maximum atomic E-state index is 4.22. The molecule has 0 N–H and O–H groups in total. The molecule has 0 aliphatic rings. The van der Waals surface area contributed by atoms with Crippen LogP contribution in [0.1, 0.15) is 24.0 Å². The fourth-order valence-electron chi connectivity index (χ4n) is 1.69. The Morgan fingerprint density at radius 1 is 1.27 bits per heavy atom. The number of hydrogen-bond donors (Lipinski definition) is 1. The average Bonchev–Trinajstić information content (AvgIpc) is 2.18. The molecule has 0 heterocycles. The highest BCUT2D eigenvalue weighted by molar-refractivity contribution is 7.80. The first-order chi connectivity index (χ1) is 7.22. The predicted octanol–water partition coefficient (Wildman–Crippen LogP) is 3.14. The standard InChI is InChI=1S/C13H21NS/c1-12-6-5-7-13(10-12)11-14(2)8-3-4-9-15/h5-7,10,15H,3-4,8-9,11H2,1-2H3. The summed E-state index contributed by atoms with van der Waals surface area (Å²) in [7, 11) is 2.18. The lowest BCUT2D eigenvalue weighted by atomic mass is 10.1. The highest BCUT2D eigenvalue weighted by Gasteiger charge is 1.99. The van der Waals surface area contributed by atoms with Gasteiger partial charge in [0.2, 0.25) is 0 Å². The molecule has 1 aromatic rings. The van der Waals surface area contributed by atoms with Crippen molar-refractivity contribution in [1.29, 1.82) is 0 Å². The van der Waals surface area contributed by atoms with Crippen molar-refractivity contribution in [2.24, 2.45) is 0 Å². The lowest BCUT2D eigenvalue weighted by Crippen LogP contribution is -2.19. The monoisotopic (exact) mass is 223 g/mol. The van der Waals surface area contributed by atoms with Crippen molar-refractivity contribution in [3.63, 3.8) is 0 Å². The molecule has 0 saturated heterocycles. The average molecular weight is 223 g/mol. The first-order valence-electron chi connectivity index (χ1n) is 5.57. The van der Waals surface area contributed by atoms with Crippen molar-refractivity contribution in [3.05, 3.63) is 35.4 Å². The van der Waals surface area contributed by atoms with Crippen LogP contribution in [0.25, 0.3) is 0 Å². The number of aryl methyl sites for hydroxylation is 1. The summed E-state index contributed by atoms with van der Waals surface area (Å²) in [5.41, 5.74) is 2.75. The van der Waals surface area contributed by atoms with Crippen LogP contribution in [-0.2, 0) is 6.54 Å². The topological polar surface area (TPSA) is 3.24 Å². The van der Waals surface area contributed by atoms with Gasteiger partial charge in [-0.05, 0) is 44.7 Å². The second-order valence-corrected chi connectivity index (χ2v) is 4.60. The molecule has 0 bridgehead atoms. The van der Waals surface area contributed by atoms with E-state index in [9.17, 15) is 0 Å². The van der Waals surface area contributed by atoms with E-state index in [1.54, 1.807) is 0 Å². The molecule has 1 nitrogen and oxygen atoms in total. The van der Waals surface area contributed by atoms with Gasteiger partial charge in [0, 0.05) is 6.54 Å². The summed E-state index contributed by atoms with van der Waals surface area (Å²) in [6, 6.07) is 8.73. The summed E-state index contributed by atoms with van der Waals surface area (Å²) >= 11 is 4.22. The summed E-state index contributed by atoms with van der Waals surface area (Å²) in [5.74, 6) is 0.998.